The maximum absolute atomic E-state index is 13.3. The lowest BCUT2D eigenvalue weighted by Gasteiger charge is -2.23. The first-order chi connectivity index (χ1) is 17.0. The van der Waals surface area contributed by atoms with Crippen LogP contribution in [0, 0.1) is 6.92 Å². The molecule has 1 amide bonds. The molecule has 2 aliphatic rings. The molecule has 1 fully saturated rings. The number of rotatable bonds is 6. The molecular weight excluding hydrogens is 470 g/mol. The summed E-state index contributed by atoms with van der Waals surface area (Å²) in [5.41, 5.74) is 0.822. The summed E-state index contributed by atoms with van der Waals surface area (Å²) in [6, 6.07) is 10.9. The first-order valence-electron chi connectivity index (χ1n) is 10.8. The van der Waals surface area contributed by atoms with Crippen LogP contribution in [0.1, 0.15) is 22.2 Å². The van der Waals surface area contributed by atoms with Crippen LogP contribution in [-0.4, -0.2) is 46.8 Å². The van der Waals surface area contributed by atoms with Crippen LogP contribution in [0.15, 0.2) is 60.7 Å². The van der Waals surface area contributed by atoms with Gasteiger partial charge >= 0.3 is 5.91 Å². The van der Waals surface area contributed by atoms with E-state index in [0.717, 1.165) is 0 Å². The molecule has 5 rings (SSSR count). The van der Waals surface area contributed by atoms with Gasteiger partial charge in [-0.3, -0.25) is 14.5 Å². The molecule has 0 radical (unpaired) electrons. The van der Waals surface area contributed by atoms with Crippen LogP contribution in [-0.2, 0) is 9.59 Å². The molecule has 2 aliphatic heterocycles. The summed E-state index contributed by atoms with van der Waals surface area (Å²) in [5, 5.41) is 20.3. The Morgan fingerprint density at radius 3 is 2.74 bits per heavy atom. The molecule has 1 aromatic heterocycles. The van der Waals surface area contributed by atoms with Gasteiger partial charge in [0.05, 0.1) is 11.6 Å². The summed E-state index contributed by atoms with van der Waals surface area (Å²) < 4.78 is 16.8. The topological polar surface area (TPSA) is 111 Å². The Labute approximate surface area is 204 Å². The molecule has 1 saturated heterocycles. The van der Waals surface area contributed by atoms with E-state index in [1.54, 1.807) is 55.5 Å². The fourth-order valence-corrected chi connectivity index (χ4v) is 4.72. The highest BCUT2D eigenvalue weighted by Crippen LogP contribution is 2.44. The van der Waals surface area contributed by atoms with Crippen molar-refractivity contribution in [2.75, 3.05) is 24.7 Å². The van der Waals surface area contributed by atoms with Crippen LogP contribution >= 0.6 is 11.3 Å². The number of carbonyl (C=O) groups excluding carboxylic acids is 2. The third kappa shape index (κ3) is 4.12. The van der Waals surface area contributed by atoms with Crippen LogP contribution in [0.4, 0.5) is 5.13 Å². The number of hydrogen-bond donors (Lipinski definition) is 1. The summed E-state index contributed by atoms with van der Waals surface area (Å²) in [6.45, 7) is 6.49. The van der Waals surface area contributed by atoms with Gasteiger partial charge in [0.15, 0.2) is 11.5 Å². The van der Waals surface area contributed by atoms with E-state index in [1.807, 2.05) is 0 Å². The van der Waals surface area contributed by atoms with E-state index in [-0.39, 0.29) is 23.1 Å². The van der Waals surface area contributed by atoms with Gasteiger partial charge < -0.3 is 19.3 Å². The molecule has 2 aromatic carbocycles. The fraction of sp³-hybridized carbons (Fsp3) is 0.200. The lowest BCUT2D eigenvalue weighted by Crippen LogP contribution is -2.29. The number of aliphatic hydroxyl groups excluding tert-OH is 1. The van der Waals surface area contributed by atoms with Gasteiger partial charge in [0, 0.05) is 5.56 Å². The van der Waals surface area contributed by atoms with E-state index >= 15 is 0 Å². The highest BCUT2D eigenvalue weighted by molar-refractivity contribution is 7.15. The Balaban J connectivity index is 1.67. The highest BCUT2D eigenvalue weighted by atomic mass is 32.1. The van der Waals surface area contributed by atoms with Gasteiger partial charge in [-0.15, -0.1) is 10.2 Å². The SMILES string of the molecule is C=CCOc1cccc([C@H]2C(=C(O)c3ccc4c(c3)OCCO4)C(=O)C(=O)N2c2nnc(C)s2)c1. The number of anilines is 1. The first kappa shape index (κ1) is 22.6. The smallest absolute Gasteiger partial charge is 0.301 e. The van der Waals surface area contributed by atoms with Crippen molar-refractivity contribution in [3.8, 4) is 17.2 Å². The van der Waals surface area contributed by atoms with Crippen molar-refractivity contribution in [1.82, 2.24) is 10.2 Å². The number of Topliss-reactive ketones (excluding diaryl/α,β-unsaturated/α-hetero) is 1. The molecule has 0 saturated carbocycles. The zero-order valence-corrected chi connectivity index (χ0v) is 19.6. The van der Waals surface area contributed by atoms with Crippen molar-refractivity contribution in [3.63, 3.8) is 0 Å². The zero-order chi connectivity index (χ0) is 24.5. The number of fused-ring (bicyclic) bond motifs is 1. The van der Waals surface area contributed by atoms with E-state index in [9.17, 15) is 14.7 Å². The van der Waals surface area contributed by atoms with E-state index < -0.39 is 17.7 Å². The predicted molar refractivity (Wildman–Crippen MR) is 129 cm³/mol. The van der Waals surface area contributed by atoms with Crippen molar-refractivity contribution in [1.29, 1.82) is 0 Å². The number of carbonyl (C=O) groups is 2. The Morgan fingerprint density at radius 1 is 1.20 bits per heavy atom. The molecule has 9 nitrogen and oxygen atoms in total. The Morgan fingerprint density at radius 2 is 2.00 bits per heavy atom. The highest BCUT2D eigenvalue weighted by Gasteiger charge is 2.48. The zero-order valence-electron chi connectivity index (χ0n) is 18.8. The number of hydrogen-bond acceptors (Lipinski definition) is 9. The van der Waals surface area contributed by atoms with Crippen LogP contribution in [0.5, 0.6) is 17.2 Å². The van der Waals surface area contributed by atoms with Crippen molar-refractivity contribution in [2.45, 2.75) is 13.0 Å². The molecule has 35 heavy (non-hydrogen) atoms. The average Bonchev–Trinajstić information content (AvgIpc) is 3.42. The predicted octanol–water partition coefficient (Wildman–Crippen LogP) is 3.81. The second kappa shape index (κ2) is 9.22. The maximum atomic E-state index is 13.3. The van der Waals surface area contributed by atoms with Gasteiger partial charge in [-0.2, -0.15) is 0 Å². The molecule has 3 heterocycles. The van der Waals surface area contributed by atoms with Gasteiger partial charge in [-0.1, -0.05) is 36.1 Å². The lowest BCUT2D eigenvalue weighted by molar-refractivity contribution is -0.132. The Bertz CT molecular complexity index is 1360. The molecule has 178 valence electrons. The van der Waals surface area contributed by atoms with Crippen LogP contribution in [0.25, 0.3) is 5.76 Å². The summed E-state index contributed by atoms with van der Waals surface area (Å²) in [7, 11) is 0. The molecule has 0 aliphatic carbocycles. The van der Waals surface area contributed by atoms with Crippen LogP contribution in [0.3, 0.4) is 0 Å². The molecule has 10 heteroatoms. The third-order valence-corrected chi connectivity index (χ3v) is 6.36. The second-order valence-electron chi connectivity index (χ2n) is 7.80. The van der Waals surface area contributed by atoms with Crippen molar-refractivity contribution >= 4 is 33.9 Å². The summed E-state index contributed by atoms with van der Waals surface area (Å²) >= 11 is 1.18. The number of ether oxygens (including phenoxy) is 3. The first-order valence-corrected chi connectivity index (χ1v) is 11.6. The standard InChI is InChI=1S/C25H21N3O6S/c1-3-9-32-17-6-4-5-15(12-17)21-20(23(30)24(31)28(21)25-27-26-14(2)35-25)22(29)16-7-8-18-19(13-16)34-11-10-33-18/h3-8,12-13,21,29H,1,9-11H2,2H3/t21-/m0/s1. The van der Waals surface area contributed by atoms with Gasteiger partial charge in [0.1, 0.15) is 36.3 Å². The van der Waals surface area contributed by atoms with Gasteiger partial charge in [0.2, 0.25) is 5.13 Å². The second-order valence-corrected chi connectivity index (χ2v) is 8.96. The molecule has 0 unspecified atom stereocenters. The van der Waals surface area contributed by atoms with Gasteiger partial charge in [-0.05, 0) is 42.8 Å². The van der Waals surface area contributed by atoms with Crippen molar-refractivity contribution in [2.24, 2.45) is 0 Å². The minimum Gasteiger partial charge on any atom is -0.507 e. The molecule has 1 N–H and O–H groups in total. The summed E-state index contributed by atoms with van der Waals surface area (Å²) in [5.74, 6) is -0.436. The van der Waals surface area contributed by atoms with Gasteiger partial charge in [0.25, 0.3) is 5.78 Å². The third-order valence-electron chi connectivity index (χ3n) is 5.52. The molecule has 0 spiro atoms. The fourth-order valence-electron chi connectivity index (χ4n) is 4.00. The van der Waals surface area contributed by atoms with E-state index in [4.69, 9.17) is 14.2 Å². The number of benzene rings is 2. The van der Waals surface area contributed by atoms with Gasteiger partial charge in [-0.25, -0.2) is 0 Å². The number of amides is 1. The number of aliphatic hydroxyl groups is 1. The molecule has 3 aromatic rings. The van der Waals surface area contributed by atoms with E-state index in [0.29, 0.717) is 46.6 Å². The quantitative estimate of drug-likeness (QED) is 0.240. The number of nitrogens with zero attached hydrogens (tertiary/aromatic N) is 3. The Hall–Kier alpha value is -4.18. The number of aryl methyl sites for hydroxylation is 1. The minimum absolute atomic E-state index is 0.0691. The number of ketones is 1. The average molecular weight is 492 g/mol. The molecule has 1 atom stereocenters. The minimum atomic E-state index is -0.942. The van der Waals surface area contributed by atoms with Crippen molar-refractivity contribution < 1.29 is 28.9 Å². The summed E-state index contributed by atoms with van der Waals surface area (Å²) in [4.78, 5) is 27.8. The largest absolute Gasteiger partial charge is 0.507 e. The maximum Gasteiger partial charge on any atom is 0.301 e. The van der Waals surface area contributed by atoms with E-state index in [1.165, 1.54) is 16.2 Å². The molecular formula is C25H21N3O6S. The monoisotopic (exact) mass is 491 g/mol. The normalized spacial score (nSPS) is 18.5. The summed E-state index contributed by atoms with van der Waals surface area (Å²) in [6.07, 6.45) is 1.62. The molecule has 0 bridgehead atoms. The van der Waals surface area contributed by atoms with E-state index in [2.05, 4.69) is 16.8 Å². The number of aromatic nitrogens is 2. The lowest BCUT2D eigenvalue weighted by atomic mass is 9.95. The van der Waals surface area contributed by atoms with Crippen LogP contribution in [0.2, 0.25) is 0 Å². The Kier molecular flexibility index (Phi) is 5.96. The van der Waals surface area contributed by atoms with Crippen molar-refractivity contribution in [3.05, 3.63) is 76.8 Å². The van der Waals surface area contributed by atoms with Crippen LogP contribution < -0.4 is 19.1 Å².